The Morgan fingerprint density at radius 3 is 2.12 bits per heavy atom. The van der Waals surface area contributed by atoms with Crippen molar-refractivity contribution in [3.63, 3.8) is 0 Å². The number of ether oxygens (including phenoxy) is 2. The zero-order chi connectivity index (χ0) is 24.6. The van der Waals surface area contributed by atoms with Crippen molar-refractivity contribution < 1.29 is 32.3 Å². The Hall–Kier alpha value is -3.44. The number of esters is 1. The van der Waals surface area contributed by atoms with Crippen LogP contribution in [0.5, 0.6) is 5.75 Å². The molecule has 0 aromatic heterocycles. The molecule has 1 atom stereocenters. The first-order chi connectivity index (χ1) is 15.5. The Labute approximate surface area is 192 Å². The minimum absolute atomic E-state index is 0.102. The van der Waals surface area contributed by atoms with Crippen LogP contribution in [-0.4, -0.2) is 45.5 Å². The Bertz CT molecular complexity index is 1080. The topological polar surface area (TPSA) is 154 Å². The molecule has 0 bridgehead atoms. The van der Waals surface area contributed by atoms with Crippen LogP contribution in [0.2, 0.25) is 0 Å². The average molecular weight is 478 g/mol. The van der Waals surface area contributed by atoms with E-state index in [-0.39, 0.29) is 10.8 Å². The highest BCUT2D eigenvalue weighted by Gasteiger charge is 2.27. The molecule has 178 valence electrons. The molecule has 11 heteroatoms. The maximum atomic E-state index is 12.5. The summed E-state index contributed by atoms with van der Waals surface area (Å²) in [6.07, 6.45) is 0. The first-order valence-corrected chi connectivity index (χ1v) is 11.7. The van der Waals surface area contributed by atoms with Crippen LogP contribution < -0.4 is 20.5 Å². The molecule has 0 aliphatic carbocycles. The fraction of sp³-hybridized carbons (Fsp3) is 0.318. The van der Waals surface area contributed by atoms with Gasteiger partial charge in [0.25, 0.3) is 11.8 Å². The van der Waals surface area contributed by atoms with Crippen LogP contribution >= 0.6 is 0 Å². The fourth-order valence-electron chi connectivity index (χ4n) is 2.74. The van der Waals surface area contributed by atoms with E-state index < -0.39 is 40.5 Å². The summed E-state index contributed by atoms with van der Waals surface area (Å²) >= 11 is 0. The third-order valence-electron chi connectivity index (χ3n) is 4.45. The zero-order valence-electron chi connectivity index (χ0n) is 18.5. The van der Waals surface area contributed by atoms with Crippen molar-refractivity contribution in [3.8, 4) is 5.75 Å². The van der Waals surface area contributed by atoms with Crippen molar-refractivity contribution in [1.29, 1.82) is 0 Å². The first kappa shape index (κ1) is 25.8. The van der Waals surface area contributed by atoms with E-state index in [4.69, 9.17) is 14.6 Å². The number of hydrogen-bond donors (Lipinski definition) is 3. The van der Waals surface area contributed by atoms with E-state index in [9.17, 15) is 22.8 Å². The molecular formula is C22H27N3O7S. The lowest BCUT2D eigenvalue weighted by molar-refractivity contribution is -0.150. The van der Waals surface area contributed by atoms with E-state index in [2.05, 4.69) is 10.6 Å². The van der Waals surface area contributed by atoms with Gasteiger partial charge in [-0.1, -0.05) is 13.8 Å². The molecule has 2 aromatic carbocycles. The summed E-state index contributed by atoms with van der Waals surface area (Å²) in [7, 11) is -3.85. The van der Waals surface area contributed by atoms with E-state index in [1.54, 1.807) is 38.1 Å². The molecule has 0 aliphatic rings. The van der Waals surface area contributed by atoms with E-state index in [0.717, 1.165) is 0 Å². The second-order valence-electron chi connectivity index (χ2n) is 7.38. The van der Waals surface area contributed by atoms with Gasteiger partial charge in [-0.2, -0.15) is 0 Å². The number of primary sulfonamides is 1. The molecule has 4 N–H and O–H groups in total. The number of sulfonamides is 1. The minimum Gasteiger partial charge on any atom is -0.494 e. The predicted molar refractivity (Wildman–Crippen MR) is 121 cm³/mol. The van der Waals surface area contributed by atoms with E-state index in [1.165, 1.54) is 24.3 Å². The molecule has 0 saturated heterocycles. The highest BCUT2D eigenvalue weighted by atomic mass is 32.2. The van der Waals surface area contributed by atoms with Crippen molar-refractivity contribution >= 4 is 33.5 Å². The van der Waals surface area contributed by atoms with E-state index in [1.807, 2.05) is 6.92 Å². The molecule has 0 heterocycles. The predicted octanol–water partition coefficient (Wildman–Crippen LogP) is 1.67. The number of hydrogen-bond acceptors (Lipinski definition) is 7. The summed E-state index contributed by atoms with van der Waals surface area (Å²) < 4.78 is 32.9. The van der Waals surface area contributed by atoms with Crippen LogP contribution in [0.15, 0.2) is 53.4 Å². The molecule has 10 nitrogen and oxygen atoms in total. The van der Waals surface area contributed by atoms with E-state index in [0.29, 0.717) is 23.6 Å². The Morgan fingerprint density at radius 2 is 1.61 bits per heavy atom. The van der Waals surface area contributed by atoms with Gasteiger partial charge >= 0.3 is 5.97 Å². The average Bonchev–Trinajstić information content (AvgIpc) is 2.76. The molecular weight excluding hydrogens is 450 g/mol. The molecule has 0 radical (unpaired) electrons. The Balaban J connectivity index is 1.92. The van der Waals surface area contributed by atoms with Crippen molar-refractivity contribution in [1.82, 2.24) is 5.32 Å². The van der Waals surface area contributed by atoms with Gasteiger partial charge < -0.3 is 20.1 Å². The third-order valence-corrected chi connectivity index (χ3v) is 5.38. The number of benzene rings is 2. The fourth-order valence-corrected chi connectivity index (χ4v) is 3.26. The van der Waals surface area contributed by atoms with E-state index >= 15 is 0 Å². The summed E-state index contributed by atoms with van der Waals surface area (Å²) in [5.74, 6) is -1.53. The SMILES string of the molecule is CCOc1ccc(C(=O)NC(C(=O)OCC(=O)Nc2ccc(S(N)(=O)=O)cc2)C(C)C)cc1. The van der Waals surface area contributed by atoms with Crippen LogP contribution in [-0.2, 0) is 24.3 Å². The van der Waals surface area contributed by atoms with Crippen LogP contribution in [0.25, 0.3) is 0 Å². The second kappa shape index (κ2) is 11.4. The molecule has 33 heavy (non-hydrogen) atoms. The molecule has 2 amide bonds. The summed E-state index contributed by atoms with van der Waals surface area (Å²) in [5.41, 5.74) is 0.644. The van der Waals surface area contributed by atoms with Crippen molar-refractivity contribution in [3.05, 3.63) is 54.1 Å². The number of carbonyl (C=O) groups is 3. The van der Waals surface area contributed by atoms with Gasteiger partial charge in [0, 0.05) is 11.3 Å². The van der Waals surface area contributed by atoms with Crippen LogP contribution in [0.4, 0.5) is 5.69 Å². The summed E-state index contributed by atoms with van der Waals surface area (Å²) in [6.45, 7) is 5.23. The third kappa shape index (κ3) is 7.88. The normalized spacial score (nSPS) is 12.0. The molecule has 0 fully saturated rings. The number of nitrogens with one attached hydrogen (secondary N) is 2. The smallest absolute Gasteiger partial charge is 0.329 e. The van der Waals surface area contributed by atoms with Crippen LogP contribution in [0.1, 0.15) is 31.1 Å². The zero-order valence-corrected chi connectivity index (χ0v) is 19.3. The number of anilines is 1. The summed E-state index contributed by atoms with van der Waals surface area (Å²) in [6, 6.07) is 10.7. The van der Waals surface area contributed by atoms with Gasteiger partial charge in [-0.15, -0.1) is 0 Å². The van der Waals surface area contributed by atoms with Crippen molar-refractivity contribution in [2.45, 2.75) is 31.7 Å². The maximum Gasteiger partial charge on any atom is 0.329 e. The number of rotatable bonds is 10. The molecule has 2 rings (SSSR count). The lowest BCUT2D eigenvalue weighted by atomic mass is 10.0. The standard InChI is InChI=1S/C22H27N3O7S/c1-4-31-17-9-5-15(6-10-17)21(27)25-20(14(2)3)22(28)32-13-19(26)24-16-7-11-18(12-8-16)33(23,29)30/h5-12,14,20H,4,13H2,1-3H3,(H,24,26)(H,25,27)(H2,23,29,30). The highest BCUT2D eigenvalue weighted by Crippen LogP contribution is 2.14. The largest absolute Gasteiger partial charge is 0.494 e. The molecule has 0 spiro atoms. The van der Waals surface area contributed by atoms with Gasteiger partial charge in [0.2, 0.25) is 10.0 Å². The Morgan fingerprint density at radius 1 is 1.00 bits per heavy atom. The van der Waals surface area contributed by atoms with Gasteiger partial charge in [0.15, 0.2) is 6.61 Å². The molecule has 0 aliphatic heterocycles. The number of carbonyl (C=O) groups excluding carboxylic acids is 3. The lowest BCUT2D eigenvalue weighted by Crippen LogP contribution is -2.45. The van der Waals surface area contributed by atoms with Gasteiger partial charge in [-0.25, -0.2) is 18.4 Å². The molecule has 0 saturated carbocycles. The van der Waals surface area contributed by atoms with Crippen LogP contribution in [0, 0.1) is 5.92 Å². The van der Waals surface area contributed by atoms with Crippen molar-refractivity contribution in [2.24, 2.45) is 11.1 Å². The second-order valence-corrected chi connectivity index (χ2v) is 8.94. The minimum atomic E-state index is -3.85. The van der Waals surface area contributed by atoms with Gasteiger partial charge in [0.1, 0.15) is 11.8 Å². The summed E-state index contributed by atoms with van der Waals surface area (Å²) in [4.78, 5) is 37.0. The lowest BCUT2D eigenvalue weighted by Gasteiger charge is -2.21. The molecule has 2 aromatic rings. The monoisotopic (exact) mass is 477 g/mol. The van der Waals surface area contributed by atoms with Crippen molar-refractivity contribution in [2.75, 3.05) is 18.5 Å². The first-order valence-electron chi connectivity index (χ1n) is 10.1. The Kier molecular flexibility index (Phi) is 8.94. The number of nitrogens with two attached hydrogens (primary N) is 1. The highest BCUT2D eigenvalue weighted by molar-refractivity contribution is 7.89. The van der Waals surface area contributed by atoms with Gasteiger partial charge in [-0.05, 0) is 61.4 Å². The molecule has 1 unspecified atom stereocenters. The summed E-state index contributed by atoms with van der Waals surface area (Å²) in [5, 5.41) is 10.1. The van der Waals surface area contributed by atoms with Crippen LogP contribution in [0.3, 0.4) is 0 Å². The maximum absolute atomic E-state index is 12.5. The van der Waals surface area contributed by atoms with Gasteiger partial charge in [0.05, 0.1) is 11.5 Å². The van der Waals surface area contributed by atoms with Gasteiger partial charge in [-0.3, -0.25) is 9.59 Å². The quantitative estimate of drug-likeness (QED) is 0.440. The number of amides is 2.